The molecule has 24 heavy (non-hydrogen) atoms. The molecule has 4 heteroatoms. The Kier molecular flexibility index (Phi) is 5.45. The molecule has 1 saturated heterocycles. The number of aromatic nitrogens is 1. The molecule has 1 fully saturated rings. The van der Waals surface area contributed by atoms with Crippen molar-refractivity contribution in [3.63, 3.8) is 0 Å². The van der Waals surface area contributed by atoms with Crippen LogP contribution < -0.4 is 5.32 Å². The van der Waals surface area contributed by atoms with Crippen LogP contribution >= 0.6 is 0 Å². The van der Waals surface area contributed by atoms with Gasteiger partial charge in [-0.15, -0.1) is 0 Å². The first kappa shape index (κ1) is 16.5. The molecule has 1 aromatic carbocycles. The zero-order chi connectivity index (χ0) is 16.8. The van der Waals surface area contributed by atoms with Crippen molar-refractivity contribution in [1.29, 1.82) is 5.26 Å². The maximum Gasteiger partial charge on any atom is 0.145 e. The van der Waals surface area contributed by atoms with Crippen molar-refractivity contribution < 1.29 is 0 Å². The molecule has 3 rings (SSSR count). The summed E-state index contributed by atoms with van der Waals surface area (Å²) in [7, 11) is 0. The maximum atomic E-state index is 9.11. The van der Waals surface area contributed by atoms with Gasteiger partial charge in [0.2, 0.25) is 0 Å². The number of rotatable bonds is 5. The van der Waals surface area contributed by atoms with E-state index < -0.39 is 0 Å². The van der Waals surface area contributed by atoms with Gasteiger partial charge in [0.25, 0.3) is 0 Å². The van der Waals surface area contributed by atoms with E-state index in [1.54, 1.807) is 0 Å². The molecule has 1 aliphatic rings. The number of anilines is 1. The number of aryl methyl sites for hydroxylation is 1. The molecule has 0 aliphatic carbocycles. The van der Waals surface area contributed by atoms with Crippen molar-refractivity contribution in [1.82, 2.24) is 9.88 Å². The largest absolute Gasteiger partial charge is 0.366 e. The monoisotopic (exact) mass is 320 g/mol. The van der Waals surface area contributed by atoms with Crippen molar-refractivity contribution in [3.8, 4) is 6.07 Å². The summed E-state index contributed by atoms with van der Waals surface area (Å²) in [6.07, 6.45) is 3.98. The predicted octanol–water partition coefficient (Wildman–Crippen LogP) is 3.86. The first-order chi connectivity index (χ1) is 11.8. The number of nitrogens with one attached hydrogen (secondary N) is 1. The molecule has 1 N–H and O–H groups in total. The second-order valence-electron chi connectivity index (χ2n) is 6.43. The smallest absolute Gasteiger partial charge is 0.145 e. The summed E-state index contributed by atoms with van der Waals surface area (Å²) in [5.74, 6) is 0.755. The summed E-state index contributed by atoms with van der Waals surface area (Å²) in [6, 6.07) is 14.6. The highest BCUT2D eigenvalue weighted by atomic mass is 15.1. The Balaban J connectivity index is 1.68. The fourth-order valence-electron chi connectivity index (χ4n) is 3.17. The Hall–Kier alpha value is -2.38. The number of hydrogen-bond donors (Lipinski definition) is 1. The van der Waals surface area contributed by atoms with Crippen molar-refractivity contribution in [2.45, 2.75) is 39.3 Å². The van der Waals surface area contributed by atoms with E-state index in [0.717, 1.165) is 24.5 Å². The summed E-state index contributed by atoms with van der Waals surface area (Å²) >= 11 is 0. The highest BCUT2D eigenvalue weighted by molar-refractivity contribution is 5.43. The molecule has 0 radical (unpaired) electrons. The van der Waals surface area contributed by atoms with Crippen LogP contribution in [0.2, 0.25) is 0 Å². The van der Waals surface area contributed by atoms with E-state index in [2.05, 4.69) is 45.5 Å². The Morgan fingerprint density at radius 1 is 1.08 bits per heavy atom. The number of hydrogen-bond acceptors (Lipinski definition) is 4. The Morgan fingerprint density at radius 3 is 2.58 bits per heavy atom. The second-order valence-corrected chi connectivity index (χ2v) is 6.43. The van der Waals surface area contributed by atoms with Crippen molar-refractivity contribution >= 4 is 5.82 Å². The van der Waals surface area contributed by atoms with E-state index in [1.165, 1.54) is 43.5 Å². The molecule has 0 amide bonds. The van der Waals surface area contributed by atoms with Crippen LogP contribution in [0.1, 0.15) is 41.6 Å². The molecule has 1 aromatic heterocycles. The van der Waals surface area contributed by atoms with E-state index in [1.807, 2.05) is 19.1 Å². The molecular formula is C20H24N4. The van der Waals surface area contributed by atoms with Crippen LogP contribution in [0.4, 0.5) is 5.82 Å². The lowest BCUT2D eigenvalue weighted by Gasteiger charge is -2.27. The summed E-state index contributed by atoms with van der Waals surface area (Å²) in [5.41, 5.74) is 4.07. The van der Waals surface area contributed by atoms with Gasteiger partial charge in [-0.3, -0.25) is 4.90 Å². The molecule has 4 nitrogen and oxygen atoms in total. The van der Waals surface area contributed by atoms with Gasteiger partial charge in [0.1, 0.15) is 17.6 Å². The lowest BCUT2D eigenvalue weighted by Crippen LogP contribution is -2.29. The fourth-order valence-corrected chi connectivity index (χ4v) is 3.17. The Bertz CT molecular complexity index is 727. The SMILES string of the molecule is Cc1ccc(NCc2ccccc2CN2CCCCC2)nc1C#N. The molecule has 0 bridgehead atoms. The number of piperidine rings is 1. The predicted molar refractivity (Wildman–Crippen MR) is 96.6 cm³/mol. The van der Waals surface area contributed by atoms with E-state index in [9.17, 15) is 0 Å². The number of nitriles is 1. The molecule has 0 atom stereocenters. The molecule has 0 spiro atoms. The average molecular weight is 320 g/mol. The lowest BCUT2D eigenvalue weighted by molar-refractivity contribution is 0.220. The van der Waals surface area contributed by atoms with Gasteiger partial charge >= 0.3 is 0 Å². The third-order valence-corrected chi connectivity index (χ3v) is 4.62. The highest BCUT2D eigenvalue weighted by Gasteiger charge is 2.12. The minimum absolute atomic E-state index is 0.488. The first-order valence-electron chi connectivity index (χ1n) is 8.67. The molecular weight excluding hydrogens is 296 g/mol. The van der Waals surface area contributed by atoms with Crippen molar-refractivity contribution in [3.05, 3.63) is 58.8 Å². The summed E-state index contributed by atoms with van der Waals surface area (Å²) in [6.45, 7) is 6.05. The minimum Gasteiger partial charge on any atom is -0.366 e. The molecule has 0 unspecified atom stereocenters. The molecule has 0 saturated carbocycles. The maximum absolute atomic E-state index is 9.11. The van der Waals surface area contributed by atoms with Crippen LogP contribution in [0.3, 0.4) is 0 Å². The van der Waals surface area contributed by atoms with Gasteiger partial charge in [0, 0.05) is 13.1 Å². The third-order valence-electron chi connectivity index (χ3n) is 4.62. The van der Waals surface area contributed by atoms with E-state index in [0.29, 0.717) is 5.69 Å². The zero-order valence-electron chi connectivity index (χ0n) is 14.3. The number of nitrogens with zero attached hydrogens (tertiary/aromatic N) is 3. The van der Waals surface area contributed by atoms with Gasteiger partial charge in [0.15, 0.2) is 0 Å². The summed E-state index contributed by atoms with van der Waals surface area (Å²) in [4.78, 5) is 6.91. The summed E-state index contributed by atoms with van der Waals surface area (Å²) < 4.78 is 0. The third kappa shape index (κ3) is 4.12. The van der Waals surface area contributed by atoms with Gasteiger partial charge in [-0.1, -0.05) is 36.8 Å². The zero-order valence-corrected chi connectivity index (χ0v) is 14.3. The van der Waals surface area contributed by atoms with Crippen molar-refractivity contribution in [2.24, 2.45) is 0 Å². The van der Waals surface area contributed by atoms with Crippen LogP contribution in [0, 0.1) is 18.3 Å². The van der Waals surface area contributed by atoms with E-state index in [-0.39, 0.29) is 0 Å². The van der Waals surface area contributed by atoms with Gasteiger partial charge in [0.05, 0.1) is 0 Å². The summed E-state index contributed by atoms with van der Waals surface area (Å²) in [5, 5.41) is 12.5. The minimum atomic E-state index is 0.488. The molecule has 124 valence electrons. The average Bonchev–Trinajstić information content (AvgIpc) is 2.63. The van der Waals surface area contributed by atoms with Crippen LogP contribution in [0.25, 0.3) is 0 Å². The van der Waals surface area contributed by atoms with E-state index >= 15 is 0 Å². The normalized spacial score (nSPS) is 15.0. The van der Waals surface area contributed by atoms with E-state index in [4.69, 9.17) is 5.26 Å². The van der Waals surface area contributed by atoms with Crippen molar-refractivity contribution in [2.75, 3.05) is 18.4 Å². The standard InChI is InChI=1S/C20H24N4/c1-16-9-10-20(23-19(16)13-21)22-14-17-7-3-4-8-18(17)15-24-11-5-2-6-12-24/h3-4,7-10H,2,5-6,11-12,14-15H2,1H3,(H,22,23). The van der Waals surface area contributed by atoms with Gasteiger partial charge in [-0.05, 0) is 55.6 Å². The second kappa shape index (κ2) is 7.94. The Morgan fingerprint density at radius 2 is 1.83 bits per heavy atom. The quantitative estimate of drug-likeness (QED) is 0.909. The highest BCUT2D eigenvalue weighted by Crippen LogP contribution is 2.17. The molecule has 1 aliphatic heterocycles. The Labute approximate surface area is 144 Å². The topological polar surface area (TPSA) is 52.0 Å². The van der Waals surface area contributed by atoms with Crippen LogP contribution in [-0.2, 0) is 13.1 Å². The number of likely N-dealkylation sites (tertiary alicyclic amines) is 1. The lowest BCUT2D eigenvalue weighted by atomic mass is 10.0. The first-order valence-corrected chi connectivity index (χ1v) is 8.67. The molecule has 2 heterocycles. The fraction of sp³-hybridized carbons (Fsp3) is 0.400. The van der Waals surface area contributed by atoms with Crippen LogP contribution in [-0.4, -0.2) is 23.0 Å². The number of benzene rings is 1. The van der Waals surface area contributed by atoms with Gasteiger partial charge in [-0.25, -0.2) is 4.98 Å². The van der Waals surface area contributed by atoms with Gasteiger partial charge in [-0.2, -0.15) is 5.26 Å². The van der Waals surface area contributed by atoms with Crippen LogP contribution in [0.5, 0.6) is 0 Å². The molecule has 2 aromatic rings. The number of pyridine rings is 1. The van der Waals surface area contributed by atoms with Gasteiger partial charge < -0.3 is 5.32 Å². The van der Waals surface area contributed by atoms with Crippen LogP contribution in [0.15, 0.2) is 36.4 Å².